The van der Waals surface area contributed by atoms with Crippen LogP contribution in [0, 0.1) is 17.2 Å². The fraction of sp³-hybridized carbons (Fsp3) is 0.500. The van der Waals surface area contributed by atoms with Crippen LogP contribution in [0.5, 0.6) is 0 Å². The molecule has 0 spiro atoms. The molecule has 1 aromatic heterocycles. The Hall–Kier alpha value is -3.05. The summed E-state index contributed by atoms with van der Waals surface area (Å²) in [7, 11) is 1.75. The number of hydrogen-bond acceptors (Lipinski definition) is 5. The number of aliphatic imine (C=N–C) groups is 1. The molecule has 1 aromatic carbocycles. The Bertz CT molecular complexity index is 837. The van der Waals surface area contributed by atoms with Crippen molar-refractivity contribution in [2.24, 2.45) is 10.9 Å². The van der Waals surface area contributed by atoms with Crippen molar-refractivity contribution >= 4 is 11.8 Å². The SMILES string of the molecule is CN=C(NCCCOCC(C)C)NCCCc1nn(-c2ccccc2)c(N)c1C#N. The van der Waals surface area contributed by atoms with Gasteiger partial charge in [0.2, 0.25) is 0 Å². The van der Waals surface area contributed by atoms with Crippen LogP contribution in [-0.2, 0) is 11.2 Å². The van der Waals surface area contributed by atoms with E-state index in [4.69, 9.17) is 10.5 Å². The second kappa shape index (κ2) is 12.5. The summed E-state index contributed by atoms with van der Waals surface area (Å²) in [5.74, 6) is 1.70. The van der Waals surface area contributed by atoms with Gasteiger partial charge in [0.05, 0.1) is 11.4 Å². The van der Waals surface area contributed by atoms with Gasteiger partial charge in [-0.1, -0.05) is 32.0 Å². The zero-order chi connectivity index (χ0) is 21.8. The molecule has 0 saturated heterocycles. The van der Waals surface area contributed by atoms with Gasteiger partial charge in [-0.2, -0.15) is 10.4 Å². The van der Waals surface area contributed by atoms with E-state index in [0.717, 1.165) is 44.2 Å². The molecule has 1 heterocycles. The minimum Gasteiger partial charge on any atom is -0.382 e. The average molecular weight is 412 g/mol. The molecule has 0 amide bonds. The van der Waals surface area contributed by atoms with Gasteiger partial charge in [0, 0.05) is 33.4 Å². The first-order chi connectivity index (χ1) is 14.6. The van der Waals surface area contributed by atoms with E-state index in [2.05, 4.69) is 40.6 Å². The van der Waals surface area contributed by atoms with Crippen molar-refractivity contribution in [1.29, 1.82) is 5.26 Å². The number of aromatic nitrogens is 2. The first-order valence-electron chi connectivity index (χ1n) is 10.4. The van der Waals surface area contributed by atoms with Gasteiger partial charge in [-0.3, -0.25) is 4.99 Å². The highest BCUT2D eigenvalue weighted by Crippen LogP contribution is 2.21. The van der Waals surface area contributed by atoms with Crippen LogP contribution in [0.4, 0.5) is 5.82 Å². The standard InChI is InChI=1S/C22H33N7O/c1-17(2)16-30-14-8-13-27-22(25-3)26-12-7-11-20-19(15-23)21(24)29(28-20)18-9-5-4-6-10-18/h4-6,9-10,17H,7-8,11-14,16,24H2,1-3H3,(H2,25,26,27). The van der Waals surface area contributed by atoms with Crippen LogP contribution in [0.15, 0.2) is 35.3 Å². The van der Waals surface area contributed by atoms with E-state index in [-0.39, 0.29) is 0 Å². The minimum atomic E-state index is 0.379. The minimum absolute atomic E-state index is 0.379. The molecule has 0 bridgehead atoms. The van der Waals surface area contributed by atoms with Crippen molar-refractivity contribution in [3.63, 3.8) is 0 Å². The number of aryl methyl sites for hydroxylation is 1. The third kappa shape index (κ3) is 7.08. The quantitative estimate of drug-likeness (QED) is 0.297. The predicted octanol–water partition coefficient (Wildman–Crippen LogP) is 2.49. The Kier molecular flexibility index (Phi) is 9.68. The van der Waals surface area contributed by atoms with Gasteiger partial charge < -0.3 is 21.1 Å². The fourth-order valence-electron chi connectivity index (χ4n) is 2.92. The highest BCUT2D eigenvalue weighted by molar-refractivity contribution is 5.79. The Morgan fingerprint density at radius 3 is 2.57 bits per heavy atom. The maximum absolute atomic E-state index is 9.49. The molecule has 30 heavy (non-hydrogen) atoms. The number of benzene rings is 1. The molecule has 8 heteroatoms. The number of nitrogens with one attached hydrogen (secondary N) is 2. The summed E-state index contributed by atoms with van der Waals surface area (Å²) in [6.45, 7) is 7.34. The Balaban J connectivity index is 1.77. The molecular weight excluding hydrogens is 378 g/mol. The highest BCUT2D eigenvalue weighted by atomic mass is 16.5. The number of rotatable bonds is 11. The molecule has 0 fully saturated rings. The van der Waals surface area contributed by atoms with Gasteiger partial charge in [-0.15, -0.1) is 0 Å². The van der Waals surface area contributed by atoms with Crippen LogP contribution in [0.2, 0.25) is 0 Å². The molecule has 4 N–H and O–H groups in total. The molecule has 2 aromatic rings. The lowest BCUT2D eigenvalue weighted by Crippen LogP contribution is -2.38. The van der Waals surface area contributed by atoms with Crippen molar-refractivity contribution < 1.29 is 4.74 Å². The Morgan fingerprint density at radius 2 is 1.93 bits per heavy atom. The van der Waals surface area contributed by atoms with E-state index in [1.54, 1.807) is 11.7 Å². The van der Waals surface area contributed by atoms with Crippen LogP contribution >= 0.6 is 0 Å². The van der Waals surface area contributed by atoms with Crippen LogP contribution in [0.1, 0.15) is 37.9 Å². The molecular formula is C22H33N7O. The van der Waals surface area contributed by atoms with Gasteiger partial charge in [-0.25, -0.2) is 4.68 Å². The normalized spacial score (nSPS) is 11.5. The maximum Gasteiger partial charge on any atom is 0.190 e. The highest BCUT2D eigenvalue weighted by Gasteiger charge is 2.16. The van der Waals surface area contributed by atoms with Crippen LogP contribution < -0.4 is 16.4 Å². The third-order valence-electron chi connectivity index (χ3n) is 4.42. The van der Waals surface area contributed by atoms with E-state index in [0.29, 0.717) is 36.0 Å². The van der Waals surface area contributed by atoms with Crippen LogP contribution in [0.3, 0.4) is 0 Å². The van der Waals surface area contributed by atoms with Gasteiger partial charge >= 0.3 is 0 Å². The first-order valence-corrected chi connectivity index (χ1v) is 10.4. The number of para-hydroxylation sites is 1. The van der Waals surface area contributed by atoms with Gasteiger partial charge in [0.15, 0.2) is 5.96 Å². The van der Waals surface area contributed by atoms with Gasteiger partial charge in [0.25, 0.3) is 0 Å². The van der Waals surface area contributed by atoms with Crippen molar-refractivity contribution in [2.45, 2.75) is 33.1 Å². The summed E-state index contributed by atoms with van der Waals surface area (Å²) in [4.78, 5) is 4.23. The summed E-state index contributed by atoms with van der Waals surface area (Å²) in [6.07, 6.45) is 2.38. The van der Waals surface area contributed by atoms with E-state index < -0.39 is 0 Å². The van der Waals surface area contributed by atoms with E-state index in [1.807, 2.05) is 30.3 Å². The molecule has 2 rings (SSSR count). The topological polar surface area (TPSA) is 113 Å². The molecule has 8 nitrogen and oxygen atoms in total. The van der Waals surface area contributed by atoms with Crippen molar-refractivity contribution in [3.8, 4) is 11.8 Å². The molecule has 0 aliphatic carbocycles. The van der Waals surface area contributed by atoms with E-state index in [1.165, 1.54) is 0 Å². The van der Waals surface area contributed by atoms with Crippen molar-refractivity contribution in [1.82, 2.24) is 20.4 Å². The van der Waals surface area contributed by atoms with E-state index >= 15 is 0 Å². The Labute approximate surface area is 179 Å². The molecule has 0 aliphatic heterocycles. The summed E-state index contributed by atoms with van der Waals surface area (Å²) in [6, 6.07) is 11.8. The summed E-state index contributed by atoms with van der Waals surface area (Å²) >= 11 is 0. The number of guanidine groups is 1. The van der Waals surface area contributed by atoms with Crippen molar-refractivity contribution in [2.75, 3.05) is 39.1 Å². The smallest absolute Gasteiger partial charge is 0.190 e. The molecule has 0 unspecified atom stereocenters. The molecule has 0 atom stereocenters. The Morgan fingerprint density at radius 1 is 1.23 bits per heavy atom. The number of nitrogen functional groups attached to an aromatic ring is 1. The van der Waals surface area contributed by atoms with E-state index in [9.17, 15) is 5.26 Å². The number of nitrogens with zero attached hydrogens (tertiary/aromatic N) is 4. The predicted molar refractivity (Wildman–Crippen MR) is 121 cm³/mol. The lowest BCUT2D eigenvalue weighted by Gasteiger charge is -2.12. The molecule has 0 radical (unpaired) electrons. The number of anilines is 1. The van der Waals surface area contributed by atoms with Gasteiger partial charge in [-0.05, 0) is 37.3 Å². The largest absolute Gasteiger partial charge is 0.382 e. The second-order valence-corrected chi connectivity index (χ2v) is 7.42. The number of hydrogen-bond donors (Lipinski definition) is 3. The monoisotopic (exact) mass is 411 g/mol. The number of ether oxygens (including phenoxy) is 1. The summed E-state index contributed by atoms with van der Waals surface area (Å²) in [5, 5.41) is 20.6. The zero-order valence-electron chi connectivity index (χ0n) is 18.2. The average Bonchev–Trinajstić information content (AvgIpc) is 3.07. The molecule has 162 valence electrons. The summed E-state index contributed by atoms with van der Waals surface area (Å²) < 4.78 is 7.21. The number of nitrogens with two attached hydrogens (primary N) is 1. The van der Waals surface area contributed by atoms with Crippen LogP contribution in [-0.4, -0.2) is 49.1 Å². The summed E-state index contributed by atoms with van der Waals surface area (Å²) in [5.41, 5.74) is 8.16. The van der Waals surface area contributed by atoms with Crippen molar-refractivity contribution in [3.05, 3.63) is 41.6 Å². The number of nitriles is 1. The lowest BCUT2D eigenvalue weighted by atomic mass is 10.1. The third-order valence-corrected chi connectivity index (χ3v) is 4.42. The van der Waals surface area contributed by atoms with Crippen LogP contribution in [0.25, 0.3) is 5.69 Å². The lowest BCUT2D eigenvalue weighted by molar-refractivity contribution is 0.108. The second-order valence-electron chi connectivity index (χ2n) is 7.42. The molecule has 0 aliphatic rings. The first kappa shape index (κ1) is 23.2. The molecule has 0 saturated carbocycles. The zero-order valence-corrected chi connectivity index (χ0v) is 18.2. The maximum atomic E-state index is 9.49. The van der Waals surface area contributed by atoms with Gasteiger partial charge in [0.1, 0.15) is 17.5 Å². The fourth-order valence-corrected chi connectivity index (χ4v) is 2.92.